The molecule has 6 nitrogen and oxygen atoms in total. The Hall–Kier alpha value is -3.41. The van der Waals surface area contributed by atoms with Crippen molar-refractivity contribution in [1.82, 2.24) is 20.0 Å². The average Bonchev–Trinajstić information content (AvgIpc) is 3.20. The minimum atomic E-state index is 0.0183. The number of hydrogen-bond donors (Lipinski definition) is 1. The zero-order valence-corrected chi connectivity index (χ0v) is 18.0. The van der Waals surface area contributed by atoms with Crippen LogP contribution in [0.1, 0.15) is 41.9 Å². The number of benzene rings is 2. The van der Waals surface area contributed by atoms with Gasteiger partial charge in [-0.2, -0.15) is 5.10 Å². The molecule has 1 aliphatic heterocycles. The van der Waals surface area contributed by atoms with Crippen molar-refractivity contribution in [2.24, 2.45) is 5.92 Å². The molecule has 6 heteroatoms. The Morgan fingerprint density at radius 2 is 1.65 bits per heavy atom. The number of hydrogen-bond acceptors (Lipinski definition) is 3. The van der Waals surface area contributed by atoms with Crippen LogP contribution in [0, 0.1) is 5.92 Å². The molecule has 0 aliphatic carbocycles. The molecule has 2 heterocycles. The summed E-state index contributed by atoms with van der Waals surface area (Å²) >= 11 is 0. The Bertz CT molecular complexity index is 1090. The lowest BCUT2D eigenvalue weighted by molar-refractivity contribution is -0.133. The van der Waals surface area contributed by atoms with Crippen molar-refractivity contribution < 1.29 is 9.59 Å². The van der Waals surface area contributed by atoms with Gasteiger partial charge in [-0.3, -0.25) is 14.7 Å². The minimum absolute atomic E-state index is 0.0183. The molecular formula is C25H28N4O2. The van der Waals surface area contributed by atoms with Crippen LogP contribution in [0.2, 0.25) is 0 Å². The van der Waals surface area contributed by atoms with Gasteiger partial charge in [0.05, 0.1) is 11.2 Å². The first-order valence-electron chi connectivity index (χ1n) is 10.8. The number of amides is 2. The Labute approximate surface area is 182 Å². The van der Waals surface area contributed by atoms with E-state index in [4.69, 9.17) is 0 Å². The molecular weight excluding hydrogens is 388 g/mol. The summed E-state index contributed by atoms with van der Waals surface area (Å²) in [7, 11) is 0. The molecule has 31 heavy (non-hydrogen) atoms. The second-order valence-electron chi connectivity index (χ2n) is 8.38. The number of nitrogens with zero attached hydrogens (tertiary/aromatic N) is 3. The SMILES string of the molecule is CC(C)CC(=O)N1CCN(C(=O)c2ccc(/C=C/c3n[nH]c4ccccc34)cc2)CC1. The highest BCUT2D eigenvalue weighted by Crippen LogP contribution is 2.18. The summed E-state index contributed by atoms with van der Waals surface area (Å²) in [5, 5.41) is 8.46. The lowest BCUT2D eigenvalue weighted by Gasteiger charge is -2.35. The van der Waals surface area contributed by atoms with E-state index in [2.05, 4.69) is 10.2 Å². The fraction of sp³-hybridized carbons (Fsp3) is 0.320. The first kappa shape index (κ1) is 20.8. The van der Waals surface area contributed by atoms with Gasteiger partial charge in [0.1, 0.15) is 0 Å². The van der Waals surface area contributed by atoms with Gasteiger partial charge in [0, 0.05) is 43.5 Å². The van der Waals surface area contributed by atoms with Crippen molar-refractivity contribution in [3.05, 3.63) is 65.4 Å². The van der Waals surface area contributed by atoms with E-state index in [1.807, 2.05) is 84.3 Å². The highest BCUT2D eigenvalue weighted by atomic mass is 16.2. The molecule has 0 spiro atoms. The van der Waals surface area contributed by atoms with Crippen LogP contribution < -0.4 is 0 Å². The standard InChI is InChI=1S/C25H28N4O2/c1-18(2)17-24(30)28-13-15-29(16-14-28)25(31)20-10-7-19(8-11-20)9-12-23-21-5-3-4-6-22(21)26-27-23/h3-12,18H,13-17H2,1-2H3,(H,26,27)/b12-9+. The highest BCUT2D eigenvalue weighted by Gasteiger charge is 2.24. The van der Waals surface area contributed by atoms with Crippen molar-refractivity contribution in [3.63, 3.8) is 0 Å². The van der Waals surface area contributed by atoms with E-state index in [0.717, 1.165) is 22.2 Å². The van der Waals surface area contributed by atoms with Crippen molar-refractivity contribution in [1.29, 1.82) is 0 Å². The fourth-order valence-electron chi connectivity index (χ4n) is 3.84. The lowest BCUT2D eigenvalue weighted by Crippen LogP contribution is -2.50. The number of H-pyrrole nitrogens is 1. The molecule has 1 aromatic heterocycles. The lowest BCUT2D eigenvalue weighted by atomic mass is 10.1. The summed E-state index contributed by atoms with van der Waals surface area (Å²) < 4.78 is 0. The molecule has 0 radical (unpaired) electrons. The van der Waals surface area contributed by atoms with Crippen LogP contribution in [-0.4, -0.2) is 58.0 Å². The predicted octanol–water partition coefficient (Wildman–Crippen LogP) is 4.06. The van der Waals surface area contributed by atoms with Gasteiger partial charge < -0.3 is 9.80 Å². The summed E-state index contributed by atoms with van der Waals surface area (Å²) in [6.07, 6.45) is 4.54. The number of piperazine rings is 1. The minimum Gasteiger partial charge on any atom is -0.339 e. The third kappa shape index (κ3) is 4.85. The number of carbonyl (C=O) groups excluding carboxylic acids is 2. The van der Waals surface area contributed by atoms with Crippen LogP contribution in [0.5, 0.6) is 0 Å². The van der Waals surface area contributed by atoms with E-state index >= 15 is 0 Å². The molecule has 0 saturated carbocycles. The van der Waals surface area contributed by atoms with Crippen LogP contribution in [0.15, 0.2) is 48.5 Å². The van der Waals surface area contributed by atoms with E-state index in [0.29, 0.717) is 44.1 Å². The number of para-hydroxylation sites is 1. The first-order valence-corrected chi connectivity index (χ1v) is 10.8. The first-order chi connectivity index (χ1) is 15.0. The van der Waals surface area contributed by atoms with Crippen molar-refractivity contribution in [3.8, 4) is 0 Å². The Morgan fingerprint density at radius 1 is 0.968 bits per heavy atom. The van der Waals surface area contributed by atoms with Gasteiger partial charge in [0.2, 0.25) is 5.91 Å². The maximum atomic E-state index is 12.8. The van der Waals surface area contributed by atoms with Crippen LogP contribution in [-0.2, 0) is 4.79 Å². The Kier molecular flexibility index (Phi) is 6.16. The van der Waals surface area contributed by atoms with Crippen molar-refractivity contribution in [2.45, 2.75) is 20.3 Å². The molecule has 1 N–H and O–H groups in total. The van der Waals surface area contributed by atoms with Gasteiger partial charge in [-0.1, -0.05) is 50.3 Å². The second kappa shape index (κ2) is 9.16. The number of aromatic nitrogens is 2. The zero-order valence-electron chi connectivity index (χ0n) is 18.0. The van der Waals surface area contributed by atoms with Crippen LogP contribution in [0.4, 0.5) is 0 Å². The zero-order chi connectivity index (χ0) is 21.8. The second-order valence-corrected chi connectivity index (χ2v) is 8.38. The average molecular weight is 417 g/mol. The molecule has 3 aromatic rings. The van der Waals surface area contributed by atoms with E-state index in [1.165, 1.54) is 0 Å². The van der Waals surface area contributed by atoms with Gasteiger partial charge in [0.25, 0.3) is 5.91 Å². The number of fused-ring (bicyclic) bond motifs is 1. The molecule has 1 aliphatic rings. The number of aromatic amines is 1. The van der Waals surface area contributed by atoms with Gasteiger partial charge >= 0.3 is 0 Å². The molecule has 1 saturated heterocycles. The smallest absolute Gasteiger partial charge is 0.253 e. The summed E-state index contributed by atoms with van der Waals surface area (Å²) in [5.74, 6) is 0.555. The van der Waals surface area contributed by atoms with E-state index in [1.54, 1.807) is 0 Å². The predicted molar refractivity (Wildman–Crippen MR) is 123 cm³/mol. The maximum absolute atomic E-state index is 12.8. The number of rotatable bonds is 5. The van der Waals surface area contributed by atoms with Gasteiger partial charge in [-0.15, -0.1) is 0 Å². The Morgan fingerprint density at radius 3 is 2.35 bits per heavy atom. The molecule has 2 amide bonds. The van der Waals surface area contributed by atoms with Gasteiger partial charge in [-0.25, -0.2) is 0 Å². The van der Waals surface area contributed by atoms with Gasteiger partial charge in [0.15, 0.2) is 0 Å². The molecule has 0 atom stereocenters. The van der Waals surface area contributed by atoms with Crippen LogP contribution in [0.3, 0.4) is 0 Å². The molecule has 4 rings (SSSR count). The van der Waals surface area contributed by atoms with Crippen molar-refractivity contribution in [2.75, 3.05) is 26.2 Å². The highest BCUT2D eigenvalue weighted by molar-refractivity contribution is 5.95. The van der Waals surface area contributed by atoms with E-state index in [-0.39, 0.29) is 11.8 Å². The number of carbonyl (C=O) groups is 2. The summed E-state index contributed by atoms with van der Waals surface area (Å²) in [5.41, 5.74) is 3.58. The number of nitrogens with one attached hydrogen (secondary N) is 1. The Balaban J connectivity index is 1.36. The topological polar surface area (TPSA) is 69.3 Å². The summed E-state index contributed by atoms with van der Waals surface area (Å²) in [6, 6.07) is 15.6. The van der Waals surface area contributed by atoms with E-state index in [9.17, 15) is 9.59 Å². The van der Waals surface area contributed by atoms with E-state index < -0.39 is 0 Å². The maximum Gasteiger partial charge on any atom is 0.253 e. The van der Waals surface area contributed by atoms with Gasteiger partial charge in [-0.05, 0) is 35.8 Å². The molecule has 0 bridgehead atoms. The molecule has 160 valence electrons. The van der Waals surface area contributed by atoms with Crippen molar-refractivity contribution >= 4 is 34.9 Å². The normalized spacial score (nSPS) is 14.7. The summed E-state index contributed by atoms with van der Waals surface area (Å²) in [4.78, 5) is 28.8. The third-order valence-electron chi connectivity index (χ3n) is 5.59. The fourth-order valence-corrected chi connectivity index (χ4v) is 3.84. The largest absolute Gasteiger partial charge is 0.339 e. The third-order valence-corrected chi connectivity index (χ3v) is 5.59. The summed E-state index contributed by atoms with van der Waals surface area (Å²) in [6.45, 7) is 6.47. The monoisotopic (exact) mass is 416 g/mol. The van der Waals surface area contributed by atoms with Crippen LogP contribution in [0.25, 0.3) is 23.1 Å². The quantitative estimate of drug-likeness (QED) is 0.682. The van der Waals surface area contributed by atoms with Crippen LogP contribution >= 0.6 is 0 Å². The molecule has 0 unspecified atom stereocenters. The molecule has 2 aromatic carbocycles. The molecule has 1 fully saturated rings.